The van der Waals surface area contributed by atoms with Crippen LogP contribution in [0.1, 0.15) is 0 Å². The Bertz CT molecular complexity index is 175. The Labute approximate surface area is 68.0 Å². The van der Waals surface area contributed by atoms with Gasteiger partial charge >= 0.3 is 0 Å². The van der Waals surface area contributed by atoms with E-state index in [2.05, 4.69) is 20.9 Å². The minimum Gasteiger partial charge on any atom is -0.384 e. The SMILES string of the molecule is Cl.Nc1cc(Br)ccn1. The van der Waals surface area contributed by atoms with Crippen molar-refractivity contribution in [3.05, 3.63) is 22.8 Å². The number of hydrogen-bond donors (Lipinski definition) is 1. The molecule has 0 aliphatic rings. The van der Waals surface area contributed by atoms with E-state index in [9.17, 15) is 0 Å². The fourth-order valence-corrected chi connectivity index (χ4v) is 0.774. The van der Waals surface area contributed by atoms with Crippen molar-refractivity contribution in [2.24, 2.45) is 0 Å². The summed E-state index contributed by atoms with van der Waals surface area (Å²) in [5, 5.41) is 0. The van der Waals surface area contributed by atoms with Gasteiger partial charge in [-0.3, -0.25) is 0 Å². The molecule has 0 aliphatic heterocycles. The van der Waals surface area contributed by atoms with Crippen molar-refractivity contribution < 1.29 is 0 Å². The smallest absolute Gasteiger partial charge is 0.124 e. The monoisotopic (exact) mass is 208 g/mol. The van der Waals surface area contributed by atoms with Crippen molar-refractivity contribution in [2.45, 2.75) is 0 Å². The summed E-state index contributed by atoms with van der Waals surface area (Å²) in [6, 6.07) is 3.58. The molecule has 0 fully saturated rings. The van der Waals surface area contributed by atoms with Gasteiger partial charge in [-0.25, -0.2) is 4.98 Å². The molecule has 0 saturated heterocycles. The summed E-state index contributed by atoms with van der Waals surface area (Å²) in [4.78, 5) is 3.79. The molecular formula is C5H6BrClN2. The summed E-state index contributed by atoms with van der Waals surface area (Å²) < 4.78 is 0.963. The molecule has 2 N–H and O–H groups in total. The van der Waals surface area contributed by atoms with Crippen LogP contribution in [0.25, 0.3) is 0 Å². The predicted octanol–water partition coefficient (Wildman–Crippen LogP) is 1.85. The number of nitrogen functional groups attached to an aromatic ring is 1. The minimum atomic E-state index is 0. The van der Waals surface area contributed by atoms with E-state index in [0.29, 0.717) is 5.82 Å². The van der Waals surface area contributed by atoms with Crippen LogP contribution in [0.5, 0.6) is 0 Å². The van der Waals surface area contributed by atoms with Crippen molar-refractivity contribution >= 4 is 34.2 Å². The molecule has 0 aromatic carbocycles. The van der Waals surface area contributed by atoms with Crippen LogP contribution in [-0.2, 0) is 0 Å². The summed E-state index contributed by atoms with van der Waals surface area (Å²) in [6.07, 6.45) is 1.65. The molecule has 50 valence electrons. The number of aromatic nitrogens is 1. The lowest BCUT2D eigenvalue weighted by Crippen LogP contribution is -1.86. The maximum absolute atomic E-state index is 5.32. The zero-order valence-electron chi connectivity index (χ0n) is 4.54. The number of rotatable bonds is 0. The van der Waals surface area contributed by atoms with E-state index >= 15 is 0 Å². The number of nitrogens with zero attached hydrogens (tertiary/aromatic N) is 1. The summed E-state index contributed by atoms with van der Waals surface area (Å²) in [7, 11) is 0. The van der Waals surface area contributed by atoms with Crippen LogP contribution in [0.4, 0.5) is 5.82 Å². The van der Waals surface area contributed by atoms with Gasteiger partial charge < -0.3 is 5.73 Å². The molecule has 0 spiro atoms. The molecule has 1 aromatic rings. The van der Waals surface area contributed by atoms with Crippen molar-refractivity contribution in [1.82, 2.24) is 4.98 Å². The van der Waals surface area contributed by atoms with Crippen LogP contribution >= 0.6 is 28.3 Å². The van der Waals surface area contributed by atoms with E-state index in [1.165, 1.54) is 0 Å². The van der Waals surface area contributed by atoms with Crippen molar-refractivity contribution in [3.8, 4) is 0 Å². The highest BCUT2D eigenvalue weighted by molar-refractivity contribution is 9.10. The van der Waals surface area contributed by atoms with Gasteiger partial charge in [0.1, 0.15) is 5.82 Å². The number of pyridine rings is 1. The number of anilines is 1. The molecule has 0 atom stereocenters. The first kappa shape index (κ1) is 8.72. The molecule has 4 heteroatoms. The van der Waals surface area contributed by atoms with E-state index in [1.807, 2.05) is 6.07 Å². The Balaban J connectivity index is 0.000000640. The van der Waals surface area contributed by atoms with E-state index in [-0.39, 0.29) is 12.4 Å². The molecule has 2 nitrogen and oxygen atoms in total. The Morgan fingerprint density at radius 2 is 2.22 bits per heavy atom. The third kappa shape index (κ3) is 2.67. The summed E-state index contributed by atoms with van der Waals surface area (Å²) >= 11 is 3.24. The lowest BCUT2D eigenvalue weighted by Gasteiger charge is -1.88. The van der Waals surface area contributed by atoms with Crippen LogP contribution in [0.3, 0.4) is 0 Å². The van der Waals surface area contributed by atoms with E-state index < -0.39 is 0 Å². The first-order chi connectivity index (χ1) is 3.79. The fraction of sp³-hybridized carbons (Fsp3) is 0. The Kier molecular flexibility index (Phi) is 3.58. The molecule has 0 unspecified atom stereocenters. The molecule has 0 aliphatic carbocycles. The number of hydrogen-bond acceptors (Lipinski definition) is 2. The fourth-order valence-electron chi connectivity index (χ4n) is 0.421. The van der Waals surface area contributed by atoms with Gasteiger partial charge in [-0.2, -0.15) is 0 Å². The van der Waals surface area contributed by atoms with E-state index in [1.54, 1.807) is 12.3 Å². The Morgan fingerprint density at radius 1 is 1.56 bits per heavy atom. The number of nitrogens with two attached hydrogens (primary N) is 1. The van der Waals surface area contributed by atoms with Crippen molar-refractivity contribution in [3.63, 3.8) is 0 Å². The largest absolute Gasteiger partial charge is 0.384 e. The summed E-state index contributed by atoms with van der Waals surface area (Å²) in [6.45, 7) is 0. The molecule has 1 heterocycles. The first-order valence-corrected chi connectivity index (χ1v) is 2.95. The van der Waals surface area contributed by atoms with Crippen molar-refractivity contribution in [2.75, 3.05) is 5.73 Å². The summed E-state index contributed by atoms with van der Waals surface area (Å²) in [5.74, 6) is 0.541. The standard InChI is InChI=1S/C5H5BrN2.ClH/c6-4-1-2-8-5(7)3-4;/h1-3H,(H2,7,8);1H. The van der Waals surface area contributed by atoms with Crippen LogP contribution in [-0.4, -0.2) is 4.98 Å². The minimum absolute atomic E-state index is 0. The normalized spacial score (nSPS) is 8.11. The molecule has 0 radical (unpaired) electrons. The van der Waals surface area contributed by atoms with Crippen LogP contribution in [0, 0.1) is 0 Å². The molecule has 9 heavy (non-hydrogen) atoms. The number of halogens is 2. The zero-order valence-corrected chi connectivity index (χ0v) is 6.95. The molecule has 1 aromatic heterocycles. The highest BCUT2D eigenvalue weighted by Gasteiger charge is 1.84. The van der Waals surface area contributed by atoms with Gasteiger partial charge in [0.2, 0.25) is 0 Å². The highest BCUT2D eigenvalue weighted by atomic mass is 79.9. The Hall–Kier alpha value is -0.280. The lowest BCUT2D eigenvalue weighted by molar-refractivity contribution is 1.33. The topological polar surface area (TPSA) is 38.9 Å². The molecular weight excluding hydrogens is 203 g/mol. The first-order valence-electron chi connectivity index (χ1n) is 2.16. The average molecular weight is 209 g/mol. The quantitative estimate of drug-likeness (QED) is 0.708. The maximum atomic E-state index is 5.32. The average Bonchev–Trinajstić information content (AvgIpc) is 1.64. The van der Waals surface area contributed by atoms with Gasteiger partial charge in [-0.05, 0) is 12.1 Å². The third-order valence-corrected chi connectivity index (χ3v) is 1.24. The van der Waals surface area contributed by atoms with Gasteiger partial charge in [0.05, 0.1) is 0 Å². The van der Waals surface area contributed by atoms with Gasteiger partial charge in [0.15, 0.2) is 0 Å². The second-order valence-corrected chi connectivity index (χ2v) is 2.31. The van der Waals surface area contributed by atoms with Gasteiger partial charge in [-0.1, -0.05) is 15.9 Å². The van der Waals surface area contributed by atoms with Gasteiger partial charge in [0, 0.05) is 10.7 Å². The van der Waals surface area contributed by atoms with Crippen LogP contribution in [0.15, 0.2) is 22.8 Å². The lowest BCUT2D eigenvalue weighted by atomic mass is 10.5. The van der Waals surface area contributed by atoms with Gasteiger partial charge in [-0.15, -0.1) is 12.4 Å². The van der Waals surface area contributed by atoms with Gasteiger partial charge in [0.25, 0.3) is 0 Å². The Morgan fingerprint density at radius 3 is 2.56 bits per heavy atom. The molecule has 0 saturated carbocycles. The molecule has 1 rings (SSSR count). The zero-order chi connectivity index (χ0) is 5.98. The van der Waals surface area contributed by atoms with Crippen LogP contribution in [0.2, 0.25) is 0 Å². The highest BCUT2D eigenvalue weighted by Crippen LogP contribution is 2.09. The van der Waals surface area contributed by atoms with Crippen LogP contribution < -0.4 is 5.73 Å². The summed E-state index contributed by atoms with van der Waals surface area (Å²) in [5.41, 5.74) is 5.32. The second kappa shape index (κ2) is 3.69. The molecule has 0 bridgehead atoms. The van der Waals surface area contributed by atoms with Crippen molar-refractivity contribution in [1.29, 1.82) is 0 Å². The second-order valence-electron chi connectivity index (χ2n) is 1.40. The van der Waals surface area contributed by atoms with E-state index in [4.69, 9.17) is 5.73 Å². The third-order valence-electron chi connectivity index (χ3n) is 0.743. The maximum Gasteiger partial charge on any atom is 0.124 e. The predicted molar refractivity (Wildman–Crippen MR) is 43.6 cm³/mol. The molecule has 0 amide bonds. The van der Waals surface area contributed by atoms with E-state index in [0.717, 1.165) is 4.47 Å².